The van der Waals surface area contributed by atoms with E-state index >= 15 is 0 Å². The molecule has 0 aliphatic carbocycles. The zero-order chi connectivity index (χ0) is 19.4. The summed E-state index contributed by atoms with van der Waals surface area (Å²) >= 11 is 0. The number of amides is 1. The van der Waals surface area contributed by atoms with Crippen LogP contribution in [0.1, 0.15) is 28.8 Å². The van der Waals surface area contributed by atoms with Crippen molar-refractivity contribution in [1.82, 2.24) is 10.6 Å². The molecule has 0 saturated carbocycles. The van der Waals surface area contributed by atoms with Gasteiger partial charge in [0, 0.05) is 25.2 Å². The number of hydrogen-bond acceptors (Lipinski definition) is 4. The number of carbonyl (C=O) groups excluding carboxylic acids is 1. The van der Waals surface area contributed by atoms with E-state index in [1.165, 1.54) is 11.4 Å². The fourth-order valence-corrected chi connectivity index (χ4v) is 4.27. The molecule has 144 valence electrons. The Morgan fingerprint density at radius 3 is 2.37 bits per heavy atom. The molecular weight excluding hydrogens is 362 g/mol. The fourth-order valence-electron chi connectivity index (χ4n) is 3.07. The Morgan fingerprint density at radius 1 is 1.11 bits per heavy atom. The molecule has 1 aliphatic rings. The third kappa shape index (κ3) is 4.48. The Kier molecular flexibility index (Phi) is 5.82. The molecule has 27 heavy (non-hydrogen) atoms. The summed E-state index contributed by atoms with van der Waals surface area (Å²) in [5, 5.41) is 6.28. The lowest BCUT2D eigenvalue weighted by molar-refractivity contribution is 0.0930. The van der Waals surface area contributed by atoms with Gasteiger partial charge in [0.2, 0.25) is 0 Å². The molecule has 1 heterocycles. The van der Waals surface area contributed by atoms with Gasteiger partial charge < -0.3 is 10.6 Å². The van der Waals surface area contributed by atoms with E-state index in [-0.39, 0.29) is 16.8 Å². The molecule has 1 atom stereocenters. The lowest BCUT2D eigenvalue weighted by atomic mass is 10.1. The van der Waals surface area contributed by atoms with Crippen LogP contribution in [0.15, 0.2) is 53.4 Å². The summed E-state index contributed by atoms with van der Waals surface area (Å²) in [7, 11) is -2.13. The summed E-state index contributed by atoms with van der Waals surface area (Å²) in [5.74, 6) is -0.140. The van der Waals surface area contributed by atoms with Gasteiger partial charge in [-0.15, -0.1) is 0 Å². The number of rotatable bonds is 5. The second kappa shape index (κ2) is 8.10. The first kappa shape index (κ1) is 19.4. The largest absolute Gasteiger partial charge is 0.348 e. The van der Waals surface area contributed by atoms with Crippen LogP contribution in [0.4, 0.5) is 5.69 Å². The van der Waals surface area contributed by atoms with Crippen LogP contribution in [0.2, 0.25) is 0 Å². The van der Waals surface area contributed by atoms with E-state index in [1.807, 2.05) is 6.92 Å². The molecule has 0 aromatic heterocycles. The van der Waals surface area contributed by atoms with Crippen molar-refractivity contribution < 1.29 is 13.2 Å². The van der Waals surface area contributed by atoms with Crippen LogP contribution in [0.3, 0.4) is 0 Å². The lowest BCUT2D eigenvalue weighted by Crippen LogP contribution is -2.45. The van der Waals surface area contributed by atoms with Gasteiger partial charge in [-0.2, -0.15) is 0 Å². The molecule has 0 spiro atoms. The molecule has 1 fully saturated rings. The average Bonchev–Trinajstić information content (AvgIpc) is 2.68. The molecule has 3 rings (SSSR count). The first-order chi connectivity index (χ1) is 12.9. The van der Waals surface area contributed by atoms with Gasteiger partial charge >= 0.3 is 0 Å². The highest BCUT2D eigenvalue weighted by atomic mass is 32.2. The molecule has 2 aromatic rings. The minimum atomic E-state index is -3.64. The normalized spacial score (nSPS) is 17.3. The van der Waals surface area contributed by atoms with Crippen LogP contribution in [-0.2, 0) is 10.0 Å². The minimum absolute atomic E-state index is 0.135. The van der Waals surface area contributed by atoms with Gasteiger partial charge in [-0.3, -0.25) is 9.10 Å². The van der Waals surface area contributed by atoms with Crippen molar-refractivity contribution >= 4 is 21.6 Å². The average molecular weight is 388 g/mol. The first-order valence-corrected chi connectivity index (χ1v) is 10.5. The Labute approximate surface area is 160 Å². The Balaban J connectivity index is 1.72. The summed E-state index contributed by atoms with van der Waals surface area (Å²) in [4.78, 5) is 12.6. The Morgan fingerprint density at radius 2 is 1.78 bits per heavy atom. The first-order valence-electron chi connectivity index (χ1n) is 9.05. The third-order valence-corrected chi connectivity index (χ3v) is 6.60. The van der Waals surface area contributed by atoms with E-state index in [2.05, 4.69) is 10.6 Å². The number of aryl methyl sites for hydroxylation is 1. The van der Waals surface area contributed by atoms with Crippen LogP contribution in [0, 0.1) is 6.92 Å². The number of piperidine rings is 1. The monoisotopic (exact) mass is 387 g/mol. The highest BCUT2D eigenvalue weighted by molar-refractivity contribution is 7.92. The zero-order valence-corrected chi connectivity index (χ0v) is 16.4. The van der Waals surface area contributed by atoms with E-state index in [9.17, 15) is 13.2 Å². The predicted octanol–water partition coefficient (Wildman–Crippen LogP) is 2.30. The molecule has 0 radical (unpaired) electrons. The molecule has 2 N–H and O–H groups in total. The minimum Gasteiger partial charge on any atom is -0.348 e. The van der Waals surface area contributed by atoms with E-state index in [4.69, 9.17) is 0 Å². The molecular formula is C20H25N3O3S. The number of nitrogens with zero attached hydrogens (tertiary/aromatic N) is 1. The molecule has 2 aromatic carbocycles. The predicted molar refractivity (Wildman–Crippen MR) is 107 cm³/mol. The number of sulfonamides is 1. The van der Waals surface area contributed by atoms with Crippen LogP contribution in [-0.4, -0.2) is 40.5 Å². The van der Waals surface area contributed by atoms with Crippen molar-refractivity contribution in [1.29, 1.82) is 0 Å². The van der Waals surface area contributed by atoms with Crippen molar-refractivity contribution in [2.45, 2.75) is 30.7 Å². The molecule has 1 aliphatic heterocycles. The molecule has 1 unspecified atom stereocenters. The van der Waals surface area contributed by atoms with Gasteiger partial charge in [0.1, 0.15) is 0 Å². The SMILES string of the molecule is Cc1ccc(S(=O)(=O)N(C)c2ccc(C(=O)NC3CCCNC3)cc2)cc1. The van der Waals surface area contributed by atoms with Gasteiger partial charge in [-0.25, -0.2) is 8.42 Å². The van der Waals surface area contributed by atoms with Crippen LogP contribution in [0.5, 0.6) is 0 Å². The van der Waals surface area contributed by atoms with E-state index < -0.39 is 10.0 Å². The van der Waals surface area contributed by atoms with Crippen LogP contribution < -0.4 is 14.9 Å². The van der Waals surface area contributed by atoms with Gasteiger partial charge in [0.05, 0.1) is 10.6 Å². The van der Waals surface area contributed by atoms with E-state index in [0.29, 0.717) is 11.3 Å². The summed E-state index contributed by atoms with van der Waals surface area (Å²) in [6.07, 6.45) is 2.01. The second-order valence-electron chi connectivity index (χ2n) is 6.85. The number of anilines is 1. The number of hydrogen-bond donors (Lipinski definition) is 2. The smallest absolute Gasteiger partial charge is 0.264 e. The van der Waals surface area contributed by atoms with E-state index in [0.717, 1.165) is 31.5 Å². The summed E-state index contributed by atoms with van der Waals surface area (Å²) < 4.78 is 26.8. The summed E-state index contributed by atoms with van der Waals surface area (Å²) in [6.45, 7) is 3.68. The van der Waals surface area contributed by atoms with Crippen molar-refractivity contribution in [3.63, 3.8) is 0 Å². The maximum absolute atomic E-state index is 12.8. The quantitative estimate of drug-likeness (QED) is 0.825. The second-order valence-corrected chi connectivity index (χ2v) is 8.82. The number of benzene rings is 2. The van der Waals surface area contributed by atoms with Gasteiger partial charge in [0.15, 0.2) is 0 Å². The summed E-state index contributed by atoms with van der Waals surface area (Å²) in [5.41, 5.74) is 2.03. The molecule has 0 bridgehead atoms. The van der Waals surface area contributed by atoms with Crippen molar-refractivity contribution in [2.75, 3.05) is 24.4 Å². The standard InChI is InChI=1S/C20H25N3O3S/c1-15-5-11-19(12-6-15)27(25,26)23(2)18-9-7-16(8-10-18)20(24)22-17-4-3-13-21-14-17/h5-12,17,21H,3-4,13-14H2,1-2H3,(H,22,24). The Bertz CT molecular complexity index is 887. The molecule has 6 nitrogen and oxygen atoms in total. The third-order valence-electron chi connectivity index (χ3n) is 4.80. The highest BCUT2D eigenvalue weighted by Crippen LogP contribution is 2.22. The van der Waals surface area contributed by atoms with Crippen molar-refractivity contribution in [3.05, 3.63) is 59.7 Å². The number of carbonyl (C=O) groups is 1. The van der Waals surface area contributed by atoms with Crippen molar-refractivity contribution in [3.8, 4) is 0 Å². The van der Waals surface area contributed by atoms with Crippen LogP contribution in [0.25, 0.3) is 0 Å². The Hall–Kier alpha value is -2.38. The van der Waals surface area contributed by atoms with Crippen LogP contribution >= 0.6 is 0 Å². The molecule has 7 heteroatoms. The summed E-state index contributed by atoms with van der Waals surface area (Å²) in [6, 6.07) is 13.5. The lowest BCUT2D eigenvalue weighted by Gasteiger charge is -2.24. The number of nitrogens with one attached hydrogen (secondary N) is 2. The maximum Gasteiger partial charge on any atom is 0.264 e. The fraction of sp³-hybridized carbons (Fsp3) is 0.350. The van der Waals surface area contributed by atoms with Crippen molar-refractivity contribution in [2.24, 2.45) is 0 Å². The molecule has 1 saturated heterocycles. The van der Waals surface area contributed by atoms with Gasteiger partial charge in [-0.05, 0) is 62.7 Å². The van der Waals surface area contributed by atoms with Gasteiger partial charge in [0.25, 0.3) is 15.9 Å². The van der Waals surface area contributed by atoms with Gasteiger partial charge in [-0.1, -0.05) is 17.7 Å². The highest BCUT2D eigenvalue weighted by Gasteiger charge is 2.22. The molecule has 1 amide bonds. The zero-order valence-electron chi connectivity index (χ0n) is 15.6. The maximum atomic E-state index is 12.8. The topological polar surface area (TPSA) is 78.5 Å². The van der Waals surface area contributed by atoms with E-state index in [1.54, 1.807) is 48.5 Å².